The van der Waals surface area contributed by atoms with E-state index >= 15 is 0 Å². The number of anilines is 1. The van der Waals surface area contributed by atoms with E-state index in [1.54, 1.807) is 18.2 Å². The smallest absolute Gasteiger partial charge is 0.337 e. The second kappa shape index (κ2) is 11.2. The van der Waals surface area contributed by atoms with E-state index in [0.717, 1.165) is 23.2 Å². The number of carbonyl (C=O) groups excluding carboxylic acids is 2. The summed E-state index contributed by atoms with van der Waals surface area (Å²) < 4.78 is 4.82. The highest BCUT2D eigenvalue weighted by molar-refractivity contribution is 6.24. The number of hydrogen-bond donors (Lipinski definition) is 2. The molecule has 0 saturated heterocycles. The molecule has 8 heteroatoms. The number of nitrogens with one attached hydrogen (secondary N) is 1. The highest BCUT2D eigenvalue weighted by Crippen LogP contribution is 2.37. The molecule has 3 aromatic rings. The quantitative estimate of drug-likeness (QED) is 0.334. The molecule has 8 nitrogen and oxygen atoms in total. The molecular weight excluding hydrogens is 470 g/mol. The van der Waals surface area contributed by atoms with Crippen molar-refractivity contribution in [3.05, 3.63) is 94.5 Å². The van der Waals surface area contributed by atoms with Gasteiger partial charge in [0.15, 0.2) is 0 Å². The van der Waals surface area contributed by atoms with Crippen LogP contribution in [0.1, 0.15) is 45.0 Å². The van der Waals surface area contributed by atoms with Crippen LogP contribution >= 0.6 is 0 Å². The summed E-state index contributed by atoms with van der Waals surface area (Å²) in [7, 11) is 5.29. The second-order valence-electron chi connectivity index (χ2n) is 9.21. The first-order valence-corrected chi connectivity index (χ1v) is 11.9. The number of esters is 1. The van der Waals surface area contributed by atoms with Crippen molar-refractivity contribution in [2.24, 2.45) is 4.99 Å². The molecule has 0 bridgehead atoms. The first-order chi connectivity index (χ1) is 17.7. The van der Waals surface area contributed by atoms with Crippen LogP contribution in [0.5, 0.6) is 0 Å². The maximum absolute atomic E-state index is 13.3. The maximum Gasteiger partial charge on any atom is 0.337 e. The Morgan fingerprint density at radius 1 is 1.00 bits per heavy atom. The van der Waals surface area contributed by atoms with Crippen LogP contribution in [0.2, 0.25) is 0 Å². The molecule has 1 heterocycles. The van der Waals surface area contributed by atoms with Gasteiger partial charge in [0, 0.05) is 18.7 Å². The van der Waals surface area contributed by atoms with Gasteiger partial charge in [0.2, 0.25) is 5.91 Å². The van der Waals surface area contributed by atoms with Crippen LogP contribution in [0.3, 0.4) is 0 Å². The zero-order valence-electron chi connectivity index (χ0n) is 21.0. The molecule has 3 aromatic carbocycles. The zero-order valence-corrected chi connectivity index (χ0v) is 21.0. The summed E-state index contributed by atoms with van der Waals surface area (Å²) in [4.78, 5) is 43.5. The fourth-order valence-electron chi connectivity index (χ4n) is 4.44. The normalized spacial score (nSPS) is 14.9. The molecule has 37 heavy (non-hydrogen) atoms. The summed E-state index contributed by atoms with van der Waals surface area (Å²) in [6.07, 6.45) is 0.371. The van der Waals surface area contributed by atoms with E-state index in [4.69, 9.17) is 14.8 Å². The van der Waals surface area contributed by atoms with Gasteiger partial charge in [0.25, 0.3) is 0 Å². The minimum Gasteiger partial charge on any atom is -0.481 e. The van der Waals surface area contributed by atoms with Crippen LogP contribution in [-0.2, 0) is 27.3 Å². The lowest BCUT2D eigenvalue weighted by atomic mass is 9.89. The molecular formula is C29H29N3O5. The van der Waals surface area contributed by atoms with E-state index in [0.29, 0.717) is 34.6 Å². The molecule has 1 unspecified atom stereocenters. The van der Waals surface area contributed by atoms with E-state index in [9.17, 15) is 14.4 Å². The number of methoxy groups -OCH3 is 1. The van der Waals surface area contributed by atoms with Crippen molar-refractivity contribution in [1.82, 2.24) is 4.90 Å². The number of aliphatic carboxylic acids is 1. The minimum atomic E-state index is -0.873. The predicted octanol–water partition coefficient (Wildman–Crippen LogP) is 4.41. The molecule has 190 valence electrons. The van der Waals surface area contributed by atoms with Crippen molar-refractivity contribution >= 4 is 34.9 Å². The Labute approximate surface area is 215 Å². The van der Waals surface area contributed by atoms with Gasteiger partial charge in [-0.1, -0.05) is 36.4 Å². The van der Waals surface area contributed by atoms with E-state index in [1.807, 2.05) is 62.6 Å². The third-order valence-electron chi connectivity index (χ3n) is 6.09. The van der Waals surface area contributed by atoms with Crippen molar-refractivity contribution in [2.75, 3.05) is 26.5 Å². The number of carbonyl (C=O) groups is 3. The molecule has 0 spiro atoms. The summed E-state index contributed by atoms with van der Waals surface area (Å²) in [6, 6.07) is 20.3. The van der Waals surface area contributed by atoms with Crippen LogP contribution in [0.25, 0.3) is 0 Å². The topological polar surface area (TPSA) is 108 Å². The summed E-state index contributed by atoms with van der Waals surface area (Å²) in [6.45, 7) is 0.742. The van der Waals surface area contributed by atoms with Gasteiger partial charge >= 0.3 is 11.9 Å². The van der Waals surface area contributed by atoms with Crippen LogP contribution < -0.4 is 5.32 Å². The Bertz CT molecular complexity index is 1380. The maximum atomic E-state index is 13.3. The van der Waals surface area contributed by atoms with Gasteiger partial charge in [-0.25, -0.2) is 4.79 Å². The predicted molar refractivity (Wildman–Crippen MR) is 142 cm³/mol. The molecule has 2 N–H and O–H groups in total. The lowest BCUT2D eigenvalue weighted by Gasteiger charge is -2.16. The number of carboxylic acids is 1. The average Bonchev–Trinajstić information content (AvgIpc) is 3.20. The monoisotopic (exact) mass is 499 g/mol. The number of fused-ring (bicyclic) bond motifs is 1. The van der Waals surface area contributed by atoms with Crippen molar-refractivity contribution in [3.63, 3.8) is 0 Å². The molecule has 1 atom stereocenters. The number of aliphatic imine (C=N–C) groups is 1. The molecule has 1 aliphatic rings. The number of hydrogen-bond acceptors (Lipinski definition) is 6. The summed E-state index contributed by atoms with van der Waals surface area (Å²) in [5.74, 6) is -2.33. The second-order valence-corrected chi connectivity index (χ2v) is 9.21. The van der Waals surface area contributed by atoms with Gasteiger partial charge in [-0.3, -0.25) is 14.6 Å². The number of rotatable bonds is 9. The standard InChI is InChI=1S/C29H29N3O5/c1-32(2)17-19-7-5-9-22(15-19)30-27(20-8-4-6-18(14-20)10-13-25(33)34)26-23-12-11-21(29(36)37-3)16-24(23)31-28(26)35/h4-9,11-12,14-16,26H,10,13,17H2,1-3H3,(H,31,35)(H,33,34). The van der Waals surface area contributed by atoms with Gasteiger partial charge in [0.1, 0.15) is 5.92 Å². The molecule has 4 rings (SSSR count). The SMILES string of the molecule is COC(=O)c1ccc2c(c1)NC(=O)C2C(=Nc1cccc(CN(C)C)c1)c1cccc(CCC(=O)O)c1. The van der Waals surface area contributed by atoms with Crippen molar-refractivity contribution in [3.8, 4) is 0 Å². The molecule has 1 amide bonds. The highest BCUT2D eigenvalue weighted by atomic mass is 16.5. The Morgan fingerprint density at radius 3 is 2.49 bits per heavy atom. The van der Waals surface area contributed by atoms with Gasteiger partial charge in [0.05, 0.1) is 24.1 Å². The number of carboxylic acid groups (broad SMARTS) is 1. The minimum absolute atomic E-state index is 0.00552. The van der Waals surface area contributed by atoms with Gasteiger partial charge in [-0.2, -0.15) is 0 Å². The molecule has 0 saturated carbocycles. The molecule has 1 aliphatic heterocycles. The Hall–Kier alpha value is -4.30. The molecule has 0 fully saturated rings. The number of ether oxygens (including phenoxy) is 1. The van der Waals surface area contributed by atoms with Crippen molar-refractivity contribution in [2.45, 2.75) is 25.3 Å². The van der Waals surface area contributed by atoms with E-state index in [1.165, 1.54) is 7.11 Å². The van der Waals surface area contributed by atoms with Crippen molar-refractivity contribution < 1.29 is 24.2 Å². The number of benzene rings is 3. The van der Waals surface area contributed by atoms with Crippen LogP contribution in [-0.4, -0.2) is 54.8 Å². The molecule has 0 radical (unpaired) electrons. The summed E-state index contributed by atoms with van der Waals surface area (Å²) >= 11 is 0. The average molecular weight is 500 g/mol. The third kappa shape index (κ3) is 6.10. The molecule has 0 aromatic heterocycles. The Kier molecular flexibility index (Phi) is 7.79. The van der Waals surface area contributed by atoms with Crippen LogP contribution in [0, 0.1) is 0 Å². The molecule has 0 aliphatic carbocycles. The van der Waals surface area contributed by atoms with Gasteiger partial charge in [-0.15, -0.1) is 0 Å². The zero-order chi connectivity index (χ0) is 26.5. The fourth-order valence-corrected chi connectivity index (χ4v) is 4.44. The Morgan fingerprint density at radius 2 is 1.76 bits per heavy atom. The van der Waals surface area contributed by atoms with Crippen LogP contribution in [0.15, 0.2) is 71.7 Å². The van der Waals surface area contributed by atoms with Gasteiger partial charge < -0.3 is 20.1 Å². The van der Waals surface area contributed by atoms with Gasteiger partial charge in [-0.05, 0) is 73.1 Å². The summed E-state index contributed by atoms with van der Waals surface area (Å²) in [5.41, 5.74) is 5.48. The van der Waals surface area contributed by atoms with E-state index in [-0.39, 0.29) is 12.3 Å². The largest absolute Gasteiger partial charge is 0.481 e. The van der Waals surface area contributed by atoms with E-state index < -0.39 is 17.9 Å². The first-order valence-electron chi connectivity index (χ1n) is 11.9. The van der Waals surface area contributed by atoms with Crippen molar-refractivity contribution in [1.29, 1.82) is 0 Å². The highest BCUT2D eigenvalue weighted by Gasteiger charge is 2.36. The number of aryl methyl sites for hydroxylation is 1. The summed E-state index contributed by atoms with van der Waals surface area (Å²) in [5, 5.41) is 12.0. The Balaban J connectivity index is 1.82. The third-order valence-corrected chi connectivity index (χ3v) is 6.09. The van der Waals surface area contributed by atoms with E-state index in [2.05, 4.69) is 10.2 Å². The first kappa shape index (κ1) is 25.8. The number of amides is 1. The fraction of sp³-hybridized carbons (Fsp3) is 0.241. The number of nitrogens with zero attached hydrogens (tertiary/aromatic N) is 2. The lowest BCUT2D eigenvalue weighted by molar-refractivity contribution is -0.137. The lowest BCUT2D eigenvalue weighted by Crippen LogP contribution is -2.22. The van der Waals surface area contributed by atoms with Crippen LogP contribution in [0.4, 0.5) is 11.4 Å².